The maximum absolute atomic E-state index is 12.8. The van der Waals surface area contributed by atoms with Crippen LogP contribution in [0.4, 0.5) is 5.82 Å². The van der Waals surface area contributed by atoms with Crippen molar-refractivity contribution in [3.05, 3.63) is 77.5 Å². The highest BCUT2D eigenvalue weighted by molar-refractivity contribution is 7.12. The molecule has 0 saturated heterocycles. The van der Waals surface area contributed by atoms with Gasteiger partial charge in [0.1, 0.15) is 17.2 Å². The maximum Gasteiger partial charge on any atom is 0.292 e. The molecular weight excluding hydrogens is 412 g/mol. The molecular formula is C23H18N4O3S. The predicted octanol–water partition coefficient (Wildman–Crippen LogP) is 5.31. The van der Waals surface area contributed by atoms with Crippen molar-refractivity contribution < 1.29 is 13.9 Å². The van der Waals surface area contributed by atoms with E-state index in [9.17, 15) is 4.79 Å². The summed E-state index contributed by atoms with van der Waals surface area (Å²) in [6.07, 6.45) is 0. The smallest absolute Gasteiger partial charge is 0.292 e. The first-order valence-electron chi connectivity index (χ1n) is 9.57. The summed E-state index contributed by atoms with van der Waals surface area (Å²) in [4.78, 5) is 17.5. The molecule has 154 valence electrons. The molecule has 0 unspecified atom stereocenters. The van der Waals surface area contributed by atoms with Crippen LogP contribution in [0.2, 0.25) is 0 Å². The van der Waals surface area contributed by atoms with Crippen LogP contribution in [0.5, 0.6) is 5.75 Å². The molecule has 0 aliphatic carbocycles. The number of para-hydroxylation sites is 1. The van der Waals surface area contributed by atoms with Crippen molar-refractivity contribution in [3.63, 3.8) is 0 Å². The van der Waals surface area contributed by atoms with Crippen LogP contribution in [0.1, 0.15) is 16.2 Å². The lowest BCUT2D eigenvalue weighted by Gasteiger charge is -2.05. The molecule has 0 spiro atoms. The van der Waals surface area contributed by atoms with Gasteiger partial charge in [-0.3, -0.25) is 4.79 Å². The van der Waals surface area contributed by atoms with Crippen molar-refractivity contribution in [1.82, 2.24) is 14.8 Å². The molecule has 31 heavy (non-hydrogen) atoms. The zero-order chi connectivity index (χ0) is 21.4. The van der Waals surface area contributed by atoms with Gasteiger partial charge in [0.25, 0.3) is 5.91 Å². The van der Waals surface area contributed by atoms with Crippen molar-refractivity contribution in [3.8, 4) is 22.1 Å². The lowest BCUT2D eigenvalue weighted by Crippen LogP contribution is -2.14. The van der Waals surface area contributed by atoms with E-state index in [-0.39, 0.29) is 11.7 Å². The highest BCUT2D eigenvalue weighted by atomic mass is 32.1. The number of methoxy groups -OCH3 is 1. The van der Waals surface area contributed by atoms with E-state index in [1.807, 2.05) is 60.8 Å². The highest BCUT2D eigenvalue weighted by Crippen LogP contribution is 2.29. The molecule has 0 fully saturated rings. The van der Waals surface area contributed by atoms with Crippen LogP contribution >= 0.6 is 11.3 Å². The van der Waals surface area contributed by atoms with Gasteiger partial charge in [-0.05, 0) is 31.2 Å². The van der Waals surface area contributed by atoms with Gasteiger partial charge in [-0.25, -0.2) is 4.98 Å². The Kier molecular flexibility index (Phi) is 4.76. The molecule has 3 aromatic heterocycles. The molecule has 5 aromatic rings. The number of benzene rings is 2. The molecule has 0 saturated carbocycles. The Bertz CT molecular complexity index is 1370. The van der Waals surface area contributed by atoms with Crippen LogP contribution in [0, 0.1) is 6.92 Å². The van der Waals surface area contributed by atoms with Gasteiger partial charge in [0.05, 0.1) is 18.5 Å². The van der Waals surface area contributed by atoms with E-state index in [4.69, 9.17) is 14.1 Å². The minimum Gasteiger partial charge on any atom is -0.497 e. The molecule has 0 atom stereocenters. The standard InChI is InChI=1S/C23H18N4O3S/c1-14-10-21(25-22(28)20-12-16-6-3-4-9-19(16)30-20)27(26-14)23-24-18(13-31-23)15-7-5-8-17(11-15)29-2/h3-13H,1-2H3,(H,25,28). The molecule has 1 N–H and O–H groups in total. The summed E-state index contributed by atoms with van der Waals surface area (Å²) in [5.74, 6) is 1.18. The monoisotopic (exact) mass is 430 g/mol. The fourth-order valence-corrected chi connectivity index (χ4v) is 4.08. The van der Waals surface area contributed by atoms with Gasteiger partial charge in [0, 0.05) is 22.4 Å². The number of hydrogen-bond donors (Lipinski definition) is 1. The minimum absolute atomic E-state index is 0.239. The number of nitrogens with zero attached hydrogens (tertiary/aromatic N) is 3. The number of carbonyl (C=O) groups is 1. The third-order valence-electron chi connectivity index (χ3n) is 4.76. The van der Waals surface area contributed by atoms with Gasteiger partial charge in [0.2, 0.25) is 5.13 Å². The summed E-state index contributed by atoms with van der Waals surface area (Å²) in [6.45, 7) is 1.87. The van der Waals surface area contributed by atoms with Crippen LogP contribution in [0.25, 0.3) is 27.4 Å². The molecule has 0 bridgehead atoms. The topological polar surface area (TPSA) is 82.2 Å². The van der Waals surface area contributed by atoms with Crippen LogP contribution in [-0.4, -0.2) is 27.8 Å². The Labute approximate surface area is 181 Å². The molecule has 0 aliphatic heterocycles. The SMILES string of the molecule is COc1cccc(-c2csc(-n3nc(C)cc3NC(=O)c3cc4ccccc4o3)n2)c1. The largest absolute Gasteiger partial charge is 0.497 e. The Morgan fingerprint density at radius 1 is 1.13 bits per heavy atom. The minimum atomic E-state index is -0.345. The quantitative estimate of drug-likeness (QED) is 0.409. The van der Waals surface area contributed by atoms with E-state index < -0.39 is 0 Å². The third-order valence-corrected chi connectivity index (χ3v) is 5.58. The number of amides is 1. The lowest BCUT2D eigenvalue weighted by atomic mass is 10.2. The molecule has 0 aliphatic rings. The number of anilines is 1. The van der Waals surface area contributed by atoms with Crippen LogP contribution in [0.3, 0.4) is 0 Å². The Balaban J connectivity index is 1.44. The molecule has 3 heterocycles. The van der Waals surface area contributed by atoms with E-state index >= 15 is 0 Å². The second-order valence-electron chi connectivity index (χ2n) is 6.93. The maximum atomic E-state index is 12.8. The summed E-state index contributed by atoms with van der Waals surface area (Å²) < 4.78 is 12.6. The molecule has 1 amide bonds. The number of furan rings is 1. The van der Waals surface area contributed by atoms with Crippen LogP contribution in [-0.2, 0) is 0 Å². The zero-order valence-corrected chi connectivity index (χ0v) is 17.6. The second-order valence-corrected chi connectivity index (χ2v) is 7.77. The van der Waals surface area contributed by atoms with Crippen LogP contribution < -0.4 is 10.1 Å². The van der Waals surface area contributed by atoms with E-state index in [0.29, 0.717) is 16.5 Å². The normalized spacial score (nSPS) is 11.0. The Morgan fingerprint density at radius 3 is 2.84 bits per heavy atom. The second kappa shape index (κ2) is 7.73. The van der Waals surface area contributed by atoms with Crippen molar-refractivity contribution in [2.24, 2.45) is 0 Å². The van der Waals surface area contributed by atoms with E-state index in [0.717, 1.165) is 28.1 Å². The fraction of sp³-hybridized carbons (Fsp3) is 0.0870. The Morgan fingerprint density at radius 2 is 2.00 bits per heavy atom. The summed E-state index contributed by atoms with van der Waals surface area (Å²) in [5, 5.41) is 10.9. The van der Waals surface area contributed by atoms with E-state index in [1.165, 1.54) is 11.3 Å². The predicted molar refractivity (Wildman–Crippen MR) is 120 cm³/mol. The molecule has 2 aromatic carbocycles. The van der Waals surface area contributed by atoms with Crippen molar-refractivity contribution in [2.75, 3.05) is 12.4 Å². The fourth-order valence-electron chi connectivity index (χ4n) is 3.28. The average molecular weight is 430 g/mol. The number of nitrogens with one attached hydrogen (secondary N) is 1. The zero-order valence-electron chi connectivity index (χ0n) is 16.8. The molecule has 0 radical (unpaired) electrons. The summed E-state index contributed by atoms with van der Waals surface area (Å²) >= 11 is 1.44. The number of fused-ring (bicyclic) bond motifs is 1. The molecule has 5 rings (SSSR count). The number of hydrogen-bond acceptors (Lipinski definition) is 6. The lowest BCUT2D eigenvalue weighted by molar-refractivity contribution is 0.0998. The first-order valence-corrected chi connectivity index (χ1v) is 10.5. The van der Waals surface area contributed by atoms with Gasteiger partial charge < -0.3 is 14.5 Å². The average Bonchev–Trinajstić information content (AvgIpc) is 3.51. The van der Waals surface area contributed by atoms with Crippen molar-refractivity contribution in [2.45, 2.75) is 6.92 Å². The summed E-state index contributed by atoms with van der Waals surface area (Å²) in [5.41, 5.74) is 3.18. The molecule has 8 heteroatoms. The van der Waals surface area contributed by atoms with Crippen molar-refractivity contribution >= 4 is 34.0 Å². The number of rotatable bonds is 5. The highest BCUT2D eigenvalue weighted by Gasteiger charge is 2.18. The summed E-state index contributed by atoms with van der Waals surface area (Å²) in [7, 11) is 1.63. The number of ether oxygens (including phenoxy) is 1. The number of aromatic nitrogens is 3. The van der Waals surface area contributed by atoms with E-state index in [2.05, 4.69) is 10.4 Å². The van der Waals surface area contributed by atoms with Gasteiger partial charge in [-0.2, -0.15) is 9.78 Å². The van der Waals surface area contributed by atoms with Crippen LogP contribution in [0.15, 0.2) is 70.5 Å². The van der Waals surface area contributed by atoms with Gasteiger partial charge in [-0.15, -0.1) is 11.3 Å². The van der Waals surface area contributed by atoms with E-state index in [1.54, 1.807) is 23.9 Å². The molecule has 7 nitrogen and oxygen atoms in total. The Hall–Kier alpha value is -3.91. The van der Waals surface area contributed by atoms with Gasteiger partial charge in [0.15, 0.2) is 5.76 Å². The number of carbonyl (C=O) groups excluding carboxylic acids is 1. The first-order chi connectivity index (χ1) is 15.1. The summed E-state index contributed by atoms with van der Waals surface area (Å²) in [6, 6.07) is 18.7. The first kappa shape index (κ1) is 19.1. The van der Waals surface area contributed by atoms with Gasteiger partial charge in [-0.1, -0.05) is 30.3 Å². The van der Waals surface area contributed by atoms with Gasteiger partial charge >= 0.3 is 0 Å². The van der Waals surface area contributed by atoms with Crippen molar-refractivity contribution in [1.29, 1.82) is 0 Å². The number of thiazole rings is 1. The number of aryl methyl sites for hydroxylation is 1. The third kappa shape index (κ3) is 3.69.